The average molecular weight is 369 g/mol. The minimum atomic E-state index is -1.26. The first-order chi connectivity index (χ1) is 12.9. The zero-order chi connectivity index (χ0) is 19.8. The van der Waals surface area contributed by atoms with Crippen LogP contribution in [0.2, 0.25) is 0 Å². The summed E-state index contributed by atoms with van der Waals surface area (Å²) in [6.45, 7) is 2.08. The molecule has 2 heterocycles. The molecular formula is C20H23N3O4. The highest BCUT2D eigenvalue weighted by atomic mass is 16.4. The third-order valence-corrected chi connectivity index (χ3v) is 4.14. The largest absolute Gasteiger partial charge is 0.478 e. The third-order valence-electron chi connectivity index (χ3n) is 4.14. The van der Waals surface area contributed by atoms with E-state index < -0.39 is 11.9 Å². The van der Waals surface area contributed by atoms with Crippen LogP contribution in [-0.2, 0) is 29.5 Å². The number of imidazole rings is 1. The van der Waals surface area contributed by atoms with Crippen LogP contribution in [0.3, 0.4) is 0 Å². The smallest absolute Gasteiger partial charge is 0.328 e. The molecule has 0 bridgehead atoms. The van der Waals surface area contributed by atoms with Crippen LogP contribution in [0.5, 0.6) is 0 Å². The molecule has 0 saturated heterocycles. The Morgan fingerprint density at radius 3 is 2.41 bits per heavy atom. The van der Waals surface area contributed by atoms with Crippen molar-refractivity contribution in [2.75, 3.05) is 0 Å². The van der Waals surface area contributed by atoms with E-state index >= 15 is 0 Å². The Hall–Kier alpha value is -3.35. The number of fused-ring (bicyclic) bond motifs is 1. The number of nitrogens with one attached hydrogen (secondary N) is 1. The molecule has 3 aromatic rings. The van der Waals surface area contributed by atoms with Gasteiger partial charge in [0.1, 0.15) is 0 Å². The van der Waals surface area contributed by atoms with E-state index in [9.17, 15) is 9.59 Å². The molecule has 0 atom stereocenters. The molecule has 142 valence electrons. The first-order valence-electron chi connectivity index (χ1n) is 8.54. The van der Waals surface area contributed by atoms with Gasteiger partial charge < -0.3 is 19.8 Å². The predicted molar refractivity (Wildman–Crippen MR) is 103 cm³/mol. The summed E-state index contributed by atoms with van der Waals surface area (Å²) in [4.78, 5) is 26.6. The van der Waals surface area contributed by atoms with Crippen LogP contribution in [-0.4, -0.2) is 36.7 Å². The fourth-order valence-corrected chi connectivity index (χ4v) is 2.85. The topological polar surface area (TPSA) is 108 Å². The van der Waals surface area contributed by atoms with Crippen molar-refractivity contribution in [3.05, 3.63) is 65.9 Å². The molecule has 0 aliphatic carbocycles. The Kier molecular flexibility index (Phi) is 6.93. The molecular weight excluding hydrogens is 346 g/mol. The number of carbonyl (C=O) groups is 2. The number of benzene rings is 1. The standard InChI is InChI=1S/C16H19N3.C4H4O4/c1-12-15(18-11-17-12)8-5-6-13-10-19(2)16-9-4-3-7-14(13)16;5-3(6)1-2-4(7)8/h3-4,7,9-11H,5-6,8H2,1-2H3,(H,17,18);1-2H,(H,5,6)(H,7,8)/b;2-1-. The lowest BCUT2D eigenvalue weighted by Crippen LogP contribution is -1.92. The van der Waals surface area contributed by atoms with Crippen LogP contribution in [0.25, 0.3) is 10.9 Å². The number of nitrogens with zero attached hydrogens (tertiary/aromatic N) is 2. The maximum atomic E-state index is 9.55. The van der Waals surface area contributed by atoms with Gasteiger partial charge in [-0.05, 0) is 37.8 Å². The van der Waals surface area contributed by atoms with E-state index in [0.29, 0.717) is 12.2 Å². The maximum Gasteiger partial charge on any atom is 0.328 e. The molecule has 2 aromatic heterocycles. The molecule has 0 saturated carbocycles. The second kappa shape index (κ2) is 9.38. The number of rotatable bonds is 6. The van der Waals surface area contributed by atoms with Crippen molar-refractivity contribution in [2.45, 2.75) is 26.2 Å². The Bertz CT molecular complexity index is 937. The molecule has 27 heavy (non-hydrogen) atoms. The van der Waals surface area contributed by atoms with E-state index in [1.807, 2.05) is 0 Å². The van der Waals surface area contributed by atoms with E-state index in [2.05, 4.69) is 59.0 Å². The van der Waals surface area contributed by atoms with Gasteiger partial charge >= 0.3 is 11.9 Å². The minimum absolute atomic E-state index is 0.558. The summed E-state index contributed by atoms with van der Waals surface area (Å²) in [5, 5.41) is 17.0. The van der Waals surface area contributed by atoms with E-state index in [-0.39, 0.29) is 0 Å². The predicted octanol–water partition coefficient (Wildman–Crippen LogP) is 3.10. The Morgan fingerprint density at radius 1 is 1.15 bits per heavy atom. The first kappa shape index (κ1) is 20.0. The van der Waals surface area contributed by atoms with Gasteiger partial charge in [-0.25, -0.2) is 14.6 Å². The molecule has 0 spiro atoms. The highest BCUT2D eigenvalue weighted by molar-refractivity contribution is 5.89. The quantitative estimate of drug-likeness (QED) is 0.579. The summed E-state index contributed by atoms with van der Waals surface area (Å²) in [5.74, 6) is -2.51. The van der Waals surface area contributed by atoms with Gasteiger partial charge in [0.2, 0.25) is 0 Å². The van der Waals surface area contributed by atoms with Gasteiger partial charge in [-0.15, -0.1) is 0 Å². The molecule has 7 nitrogen and oxygen atoms in total. The number of carboxylic acid groups (broad SMARTS) is 2. The number of H-pyrrole nitrogens is 1. The molecule has 0 aliphatic rings. The Labute approximate surface area is 157 Å². The van der Waals surface area contributed by atoms with Gasteiger partial charge in [0, 0.05) is 42.0 Å². The number of aromatic nitrogens is 3. The van der Waals surface area contributed by atoms with Crippen LogP contribution in [0, 0.1) is 6.92 Å². The summed E-state index contributed by atoms with van der Waals surface area (Å²) in [5.41, 5.74) is 5.14. The van der Waals surface area contributed by atoms with E-state index in [1.165, 1.54) is 27.9 Å². The van der Waals surface area contributed by atoms with Gasteiger partial charge in [-0.2, -0.15) is 0 Å². The summed E-state index contributed by atoms with van der Waals surface area (Å²) in [6, 6.07) is 8.60. The zero-order valence-corrected chi connectivity index (χ0v) is 15.3. The lowest BCUT2D eigenvalue weighted by Gasteiger charge is -1.99. The van der Waals surface area contributed by atoms with E-state index in [0.717, 1.165) is 19.3 Å². The van der Waals surface area contributed by atoms with E-state index in [1.54, 1.807) is 6.33 Å². The monoisotopic (exact) mass is 369 g/mol. The Balaban J connectivity index is 0.000000279. The third kappa shape index (κ3) is 5.85. The molecule has 0 aliphatic heterocycles. The number of carboxylic acids is 2. The van der Waals surface area contributed by atoms with Crippen LogP contribution in [0.4, 0.5) is 0 Å². The summed E-state index contributed by atoms with van der Waals surface area (Å²) >= 11 is 0. The van der Waals surface area contributed by atoms with Crippen molar-refractivity contribution in [3.63, 3.8) is 0 Å². The van der Waals surface area contributed by atoms with Gasteiger partial charge in [0.05, 0.1) is 12.0 Å². The van der Waals surface area contributed by atoms with Crippen molar-refractivity contribution in [2.24, 2.45) is 7.05 Å². The van der Waals surface area contributed by atoms with Gasteiger partial charge in [-0.1, -0.05) is 18.2 Å². The maximum absolute atomic E-state index is 9.55. The normalized spacial score (nSPS) is 10.7. The number of aryl methyl sites for hydroxylation is 4. The molecule has 3 rings (SSSR count). The number of hydrogen-bond acceptors (Lipinski definition) is 3. The summed E-state index contributed by atoms with van der Waals surface area (Å²) in [6.07, 6.45) is 8.43. The van der Waals surface area contributed by atoms with Crippen molar-refractivity contribution in [3.8, 4) is 0 Å². The average Bonchev–Trinajstić information content (AvgIpc) is 3.18. The fraction of sp³-hybridized carbons (Fsp3) is 0.250. The molecule has 7 heteroatoms. The number of aliphatic carboxylic acids is 2. The first-order valence-corrected chi connectivity index (χ1v) is 8.54. The van der Waals surface area contributed by atoms with Crippen LogP contribution in [0.1, 0.15) is 23.4 Å². The number of para-hydroxylation sites is 1. The van der Waals surface area contributed by atoms with Crippen LogP contribution < -0.4 is 0 Å². The van der Waals surface area contributed by atoms with E-state index in [4.69, 9.17) is 10.2 Å². The minimum Gasteiger partial charge on any atom is -0.478 e. The highest BCUT2D eigenvalue weighted by Gasteiger charge is 2.06. The lowest BCUT2D eigenvalue weighted by molar-refractivity contribution is -0.134. The van der Waals surface area contributed by atoms with Crippen LogP contribution in [0.15, 0.2) is 48.9 Å². The van der Waals surface area contributed by atoms with Crippen molar-refractivity contribution >= 4 is 22.8 Å². The van der Waals surface area contributed by atoms with Crippen molar-refractivity contribution < 1.29 is 19.8 Å². The summed E-state index contributed by atoms with van der Waals surface area (Å²) in [7, 11) is 2.11. The molecule has 0 unspecified atom stereocenters. The molecule has 3 N–H and O–H groups in total. The van der Waals surface area contributed by atoms with Gasteiger partial charge in [0.25, 0.3) is 0 Å². The molecule has 1 aromatic carbocycles. The van der Waals surface area contributed by atoms with Gasteiger partial charge in [0.15, 0.2) is 0 Å². The van der Waals surface area contributed by atoms with Crippen LogP contribution >= 0.6 is 0 Å². The van der Waals surface area contributed by atoms with Crippen molar-refractivity contribution in [1.29, 1.82) is 0 Å². The van der Waals surface area contributed by atoms with Crippen molar-refractivity contribution in [1.82, 2.24) is 14.5 Å². The molecule has 0 amide bonds. The molecule has 0 radical (unpaired) electrons. The second-order valence-electron chi connectivity index (χ2n) is 6.12. The Morgan fingerprint density at radius 2 is 1.81 bits per heavy atom. The second-order valence-corrected chi connectivity index (χ2v) is 6.12. The summed E-state index contributed by atoms with van der Waals surface area (Å²) < 4.78 is 2.21. The SMILES string of the molecule is Cc1[nH]cnc1CCCc1cn(C)c2ccccc12.O=C(O)/C=C\C(=O)O. The number of hydrogen-bond donors (Lipinski definition) is 3. The highest BCUT2D eigenvalue weighted by Crippen LogP contribution is 2.22. The lowest BCUT2D eigenvalue weighted by atomic mass is 10.1. The zero-order valence-electron chi connectivity index (χ0n) is 15.3. The number of aromatic amines is 1. The molecule has 0 fully saturated rings. The fourth-order valence-electron chi connectivity index (χ4n) is 2.85. The van der Waals surface area contributed by atoms with Gasteiger partial charge in [-0.3, -0.25) is 0 Å².